The molecule has 2 aromatic carbocycles. The van der Waals surface area contributed by atoms with E-state index >= 15 is 4.39 Å². The second kappa shape index (κ2) is 14.0. The Bertz CT molecular complexity index is 1530. The number of aliphatic hydroxyl groups is 1. The number of alkyl halides is 3. The van der Waals surface area contributed by atoms with Crippen molar-refractivity contribution in [2.75, 3.05) is 74.7 Å². The van der Waals surface area contributed by atoms with E-state index in [-0.39, 0.29) is 31.4 Å². The summed E-state index contributed by atoms with van der Waals surface area (Å²) >= 11 is 1.27. The van der Waals surface area contributed by atoms with Gasteiger partial charge in [0.1, 0.15) is 18.2 Å². The zero-order valence-electron chi connectivity index (χ0n) is 25.0. The van der Waals surface area contributed by atoms with Gasteiger partial charge >= 0.3 is 6.18 Å². The highest BCUT2D eigenvalue weighted by atomic mass is 32.1. The molecule has 3 aliphatic rings. The van der Waals surface area contributed by atoms with E-state index in [1.807, 2.05) is 11.0 Å². The molecule has 3 N–H and O–H groups in total. The van der Waals surface area contributed by atoms with Crippen molar-refractivity contribution >= 4 is 38.5 Å². The van der Waals surface area contributed by atoms with Crippen molar-refractivity contribution in [2.24, 2.45) is 0 Å². The van der Waals surface area contributed by atoms with Crippen LogP contribution in [0.1, 0.15) is 36.1 Å². The fraction of sp³-hybridized carbons (Fsp3) is 0.515. The molecular formula is C33H38F4N4O3S. The smallest absolute Gasteiger partial charge is 0.393 e. The average molecular weight is 647 g/mol. The van der Waals surface area contributed by atoms with E-state index in [4.69, 9.17) is 9.47 Å². The van der Waals surface area contributed by atoms with Crippen LogP contribution in [0.15, 0.2) is 30.3 Å². The minimum atomic E-state index is -4.39. The van der Waals surface area contributed by atoms with Crippen molar-refractivity contribution in [2.45, 2.75) is 50.4 Å². The van der Waals surface area contributed by atoms with Crippen LogP contribution in [0.2, 0.25) is 0 Å². The monoisotopic (exact) mass is 646 g/mol. The van der Waals surface area contributed by atoms with Crippen LogP contribution in [0.3, 0.4) is 0 Å². The number of fused-ring (bicyclic) bond motifs is 1. The molecule has 3 aromatic rings. The molecule has 0 amide bonds. The molecule has 1 aliphatic carbocycles. The first-order valence-electron chi connectivity index (χ1n) is 15.5. The topological polar surface area (TPSA) is 69.2 Å². The molecule has 45 heavy (non-hydrogen) atoms. The van der Waals surface area contributed by atoms with E-state index in [2.05, 4.69) is 27.4 Å². The van der Waals surface area contributed by atoms with Crippen LogP contribution in [0.25, 0.3) is 10.1 Å². The minimum Gasteiger partial charge on any atom is -0.489 e. The van der Waals surface area contributed by atoms with Gasteiger partial charge in [0, 0.05) is 50.4 Å². The van der Waals surface area contributed by atoms with Crippen molar-refractivity contribution in [1.29, 1.82) is 0 Å². The number of ether oxygens (including phenoxy) is 2. The van der Waals surface area contributed by atoms with E-state index in [0.29, 0.717) is 53.7 Å². The molecule has 3 fully saturated rings. The Morgan fingerprint density at radius 2 is 1.82 bits per heavy atom. The van der Waals surface area contributed by atoms with Crippen LogP contribution in [0.4, 0.5) is 34.6 Å². The molecular weight excluding hydrogens is 608 g/mol. The zero-order valence-corrected chi connectivity index (χ0v) is 25.8. The van der Waals surface area contributed by atoms with Gasteiger partial charge in [0.15, 0.2) is 0 Å². The van der Waals surface area contributed by atoms with Crippen molar-refractivity contribution in [1.82, 2.24) is 4.90 Å². The predicted octanol–water partition coefficient (Wildman–Crippen LogP) is 5.86. The lowest BCUT2D eigenvalue weighted by atomic mass is 10.0. The normalized spacial score (nSPS) is 18.1. The number of halogens is 4. The summed E-state index contributed by atoms with van der Waals surface area (Å²) in [6.45, 7) is 4.01. The lowest BCUT2D eigenvalue weighted by molar-refractivity contribution is -0.126. The first-order valence-corrected chi connectivity index (χ1v) is 16.3. The molecule has 2 saturated heterocycles. The van der Waals surface area contributed by atoms with Gasteiger partial charge in [-0.1, -0.05) is 24.0 Å². The highest BCUT2D eigenvalue weighted by molar-refractivity contribution is 7.20. The summed E-state index contributed by atoms with van der Waals surface area (Å²) in [7, 11) is 0. The number of rotatable bonds is 10. The fourth-order valence-electron chi connectivity index (χ4n) is 6.10. The number of nitrogens with zero attached hydrogens (tertiary/aromatic N) is 2. The maximum Gasteiger partial charge on any atom is 0.393 e. The third-order valence-electron chi connectivity index (χ3n) is 8.47. The molecule has 242 valence electrons. The Balaban J connectivity index is 1.21. The van der Waals surface area contributed by atoms with Crippen LogP contribution in [0, 0.1) is 17.7 Å². The zero-order chi connectivity index (χ0) is 31.4. The molecule has 0 bridgehead atoms. The number of hydrogen-bond donors (Lipinski definition) is 3. The fourth-order valence-corrected chi connectivity index (χ4v) is 7.27. The van der Waals surface area contributed by atoms with Crippen molar-refractivity contribution in [3.05, 3.63) is 46.6 Å². The predicted molar refractivity (Wildman–Crippen MR) is 170 cm³/mol. The summed E-state index contributed by atoms with van der Waals surface area (Å²) in [6, 6.07) is 9.39. The van der Waals surface area contributed by atoms with Gasteiger partial charge in [-0.25, -0.2) is 4.39 Å². The summed E-state index contributed by atoms with van der Waals surface area (Å²) in [6.07, 6.45) is -0.884. The maximum atomic E-state index is 15.1. The van der Waals surface area contributed by atoms with E-state index in [1.54, 1.807) is 18.2 Å². The van der Waals surface area contributed by atoms with Gasteiger partial charge in [-0.15, -0.1) is 11.3 Å². The van der Waals surface area contributed by atoms with Gasteiger partial charge in [0.25, 0.3) is 0 Å². The van der Waals surface area contributed by atoms with Crippen molar-refractivity contribution in [3.63, 3.8) is 0 Å². The van der Waals surface area contributed by atoms with Crippen molar-refractivity contribution in [3.8, 4) is 17.6 Å². The number of piperidine rings is 1. The van der Waals surface area contributed by atoms with E-state index in [0.717, 1.165) is 42.4 Å². The van der Waals surface area contributed by atoms with Crippen molar-refractivity contribution < 1.29 is 32.1 Å². The molecule has 0 unspecified atom stereocenters. The average Bonchev–Trinajstić information content (AvgIpc) is 3.82. The van der Waals surface area contributed by atoms with Gasteiger partial charge in [0.2, 0.25) is 0 Å². The van der Waals surface area contributed by atoms with Crippen LogP contribution >= 0.6 is 11.3 Å². The number of aliphatic hydroxyl groups excluding tert-OH is 1. The first kappa shape index (κ1) is 31.7. The van der Waals surface area contributed by atoms with Crippen LogP contribution in [-0.4, -0.2) is 87.4 Å². The summed E-state index contributed by atoms with van der Waals surface area (Å²) in [4.78, 5) is 4.78. The third-order valence-corrected chi connectivity index (χ3v) is 9.66. The SMILES string of the molecule is OCCOc1cc(N2CCOCC2)c(F)cc1NCC#Cc1sc2c(NC3CCN(C4CC4)CC3)cccc2c1CC(F)(F)F. The summed E-state index contributed by atoms with van der Waals surface area (Å²) < 4.78 is 68.1. The number of anilines is 3. The standard InChI is InChI=1S/C33H38F4N4O3S/c34-26-19-28(30(44-18-15-42)20-29(26)41-13-16-43-17-14-41)38-10-2-5-31-25(21-33(35,36)37)24-3-1-4-27(32(24)45-31)39-22-8-11-40(12-9-22)23-6-7-23/h1,3-4,19-20,22-23,38-39,42H,6-18,21H2. The van der Waals surface area contributed by atoms with Gasteiger partial charge in [0.05, 0.1) is 59.4 Å². The largest absolute Gasteiger partial charge is 0.489 e. The highest BCUT2D eigenvalue weighted by Crippen LogP contribution is 2.40. The molecule has 6 rings (SSSR count). The lowest BCUT2D eigenvalue weighted by Crippen LogP contribution is -2.40. The summed E-state index contributed by atoms with van der Waals surface area (Å²) in [5.74, 6) is 5.82. The number of morpholine rings is 1. The Labute approximate surface area is 264 Å². The van der Waals surface area contributed by atoms with Gasteiger partial charge in [-0.3, -0.25) is 0 Å². The van der Waals surface area contributed by atoms with Crippen LogP contribution in [0.5, 0.6) is 5.75 Å². The van der Waals surface area contributed by atoms with Crippen LogP contribution in [-0.2, 0) is 11.2 Å². The Morgan fingerprint density at radius 3 is 2.53 bits per heavy atom. The molecule has 3 heterocycles. The van der Waals surface area contributed by atoms with Gasteiger partial charge < -0.3 is 35.0 Å². The number of benzene rings is 2. The molecule has 1 aromatic heterocycles. The van der Waals surface area contributed by atoms with Gasteiger partial charge in [-0.05, 0) is 42.7 Å². The quantitative estimate of drug-likeness (QED) is 0.189. The highest BCUT2D eigenvalue weighted by Gasteiger charge is 2.33. The molecule has 7 nitrogen and oxygen atoms in total. The number of nitrogens with one attached hydrogen (secondary N) is 2. The van der Waals surface area contributed by atoms with E-state index in [9.17, 15) is 18.3 Å². The summed E-state index contributed by atoms with van der Waals surface area (Å²) in [5.41, 5.74) is 1.75. The molecule has 0 atom stereocenters. The summed E-state index contributed by atoms with van der Waals surface area (Å²) in [5, 5.41) is 16.5. The minimum absolute atomic E-state index is 0.0210. The van der Waals surface area contributed by atoms with E-state index in [1.165, 1.54) is 30.2 Å². The van der Waals surface area contributed by atoms with Crippen LogP contribution < -0.4 is 20.3 Å². The number of thiophene rings is 1. The Morgan fingerprint density at radius 1 is 1.04 bits per heavy atom. The molecule has 1 saturated carbocycles. The Hall–Kier alpha value is -3.24. The maximum absolute atomic E-state index is 15.1. The van der Waals surface area contributed by atoms with E-state index < -0.39 is 18.4 Å². The Kier molecular flexibility index (Phi) is 9.90. The number of likely N-dealkylation sites (tertiary alicyclic amines) is 1. The molecule has 0 radical (unpaired) electrons. The molecule has 0 spiro atoms. The second-order valence-electron chi connectivity index (χ2n) is 11.7. The third kappa shape index (κ3) is 7.95. The number of hydrogen-bond acceptors (Lipinski definition) is 8. The first-order chi connectivity index (χ1) is 21.8. The molecule has 2 aliphatic heterocycles. The lowest BCUT2D eigenvalue weighted by Gasteiger charge is -2.33. The van der Waals surface area contributed by atoms with Gasteiger partial charge in [-0.2, -0.15) is 13.2 Å². The molecule has 12 heteroatoms. The second-order valence-corrected chi connectivity index (χ2v) is 12.7.